The van der Waals surface area contributed by atoms with Gasteiger partial charge in [0.2, 0.25) is 0 Å². The Bertz CT molecular complexity index is 1600. The van der Waals surface area contributed by atoms with Crippen LogP contribution in [-0.4, -0.2) is 49.6 Å². The first-order valence-corrected chi connectivity index (χ1v) is 13.1. The number of carbonyl (C=O) groups is 2. The lowest BCUT2D eigenvalue weighted by molar-refractivity contribution is -0.126. The molecular formula is C30H31N7O2. The zero-order valence-corrected chi connectivity index (χ0v) is 22.3. The number of benzene rings is 2. The lowest BCUT2D eigenvalue weighted by atomic mass is 10.0. The second-order valence-electron chi connectivity index (χ2n) is 9.98. The highest BCUT2D eigenvalue weighted by Gasteiger charge is 2.28. The van der Waals surface area contributed by atoms with E-state index in [1.807, 2.05) is 41.1 Å². The Labute approximate surface area is 227 Å². The number of nitrogens with zero attached hydrogens (tertiary/aromatic N) is 5. The second kappa shape index (κ2) is 11.0. The summed E-state index contributed by atoms with van der Waals surface area (Å²) in [5.74, 6) is 5.63. The lowest BCUT2D eigenvalue weighted by Crippen LogP contribution is -2.40. The Hall–Kier alpha value is -4.71. The van der Waals surface area contributed by atoms with Crippen molar-refractivity contribution in [2.45, 2.75) is 45.6 Å². The number of aromatic nitrogens is 4. The Balaban J connectivity index is 1.47. The topological polar surface area (TPSA) is 119 Å². The molecule has 2 aromatic heterocycles. The molecule has 0 radical (unpaired) electrons. The van der Waals surface area contributed by atoms with Crippen LogP contribution in [0.15, 0.2) is 54.9 Å². The first-order chi connectivity index (χ1) is 18.9. The number of hydrogen-bond acceptors (Lipinski definition) is 6. The van der Waals surface area contributed by atoms with Gasteiger partial charge in [0.25, 0.3) is 11.8 Å². The van der Waals surface area contributed by atoms with E-state index in [1.165, 1.54) is 11.9 Å². The van der Waals surface area contributed by atoms with Crippen molar-refractivity contribution in [2.24, 2.45) is 0 Å². The maximum absolute atomic E-state index is 13.1. The molecule has 4 aromatic rings. The van der Waals surface area contributed by atoms with E-state index in [4.69, 9.17) is 10.8 Å². The molecule has 3 heterocycles. The van der Waals surface area contributed by atoms with Crippen molar-refractivity contribution in [3.05, 3.63) is 66.0 Å². The quantitative estimate of drug-likeness (QED) is 0.370. The van der Waals surface area contributed by atoms with Gasteiger partial charge in [0, 0.05) is 29.9 Å². The molecule has 1 atom stereocenters. The summed E-state index contributed by atoms with van der Waals surface area (Å²) in [6.07, 6.45) is 3.08. The summed E-state index contributed by atoms with van der Waals surface area (Å²) in [7, 11) is 0. The van der Waals surface area contributed by atoms with E-state index < -0.39 is 0 Å². The van der Waals surface area contributed by atoms with Crippen LogP contribution in [0.5, 0.6) is 0 Å². The third-order valence-electron chi connectivity index (χ3n) is 7.01. The Morgan fingerprint density at radius 3 is 2.67 bits per heavy atom. The number of fused-ring (bicyclic) bond motifs is 1. The second-order valence-corrected chi connectivity index (χ2v) is 9.98. The third-order valence-corrected chi connectivity index (χ3v) is 7.01. The van der Waals surface area contributed by atoms with Crippen LogP contribution in [0.2, 0.25) is 0 Å². The molecule has 1 unspecified atom stereocenters. The van der Waals surface area contributed by atoms with Gasteiger partial charge < -0.3 is 16.0 Å². The zero-order valence-electron chi connectivity index (χ0n) is 22.3. The average molecular weight is 522 g/mol. The average Bonchev–Trinajstić information content (AvgIpc) is 3.35. The van der Waals surface area contributed by atoms with E-state index in [0.717, 1.165) is 24.1 Å². The number of hydrogen-bond donors (Lipinski definition) is 2. The van der Waals surface area contributed by atoms with Crippen LogP contribution in [0.3, 0.4) is 0 Å². The van der Waals surface area contributed by atoms with Gasteiger partial charge in [0.15, 0.2) is 5.65 Å². The molecular weight excluding hydrogens is 490 g/mol. The number of nitrogens with one attached hydrogen (secondary N) is 1. The number of anilines is 2. The van der Waals surface area contributed by atoms with Crippen molar-refractivity contribution in [3.63, 3.8) is 0 Å². The molecule has 1 fully saturated rings. The predicted octanol–water partition coefficient (Wildman–Crippen LogP) is 4.64. The minimum atomic E-state index is -0.222. The van der Waals surface area contributed by atoms with Crippen LogP contribution in [0.25, 0.3) is 22.3 Å². The van der Waals surface area contributed by atoms with E-state index in [0.29, 0.717) is 47.1 Å². The largest absolute Gasteiger partial charge is 0.383 e. The summed E-state index contributed by atoms with van der Waals surface area (Å²) in [5, 5.41) is 8.52. The molecule has 2 aromatic carbocycles. The number of amides is 2. The molecule has 2 amide bonds. The SMILES string of the molecule is CC#CC(=O)N1CCCC(n2nc(-c3cccc(C(=O)Nc4ccc(C(C)C)cc4)c3)c3c(N)ncnc32)C1. The monoisotopic (exact) mass is 521 g/mol. The molecule has 1 saturated heterocycles. The minimum Gasteiger partial charge on any atom is -0.383 e. The van der Waals surface area contributed by atoms with E-state index >= 15 is 0 Å². The number of nitrogens with two attached hydrogens (primary N) is 1. The number of carbonyl (C=O) groups excluding carboxylic acids is 2. The zero-order chi connectivity index (χ0) is 27.5. The summed E-state index contributed by atoms with van der Waals surface area (Å²) < 4.78 is 1.84. The van der Waals surface area contributed by atoms with Gasteiger partial charge in [-0.15, -0.1) is 0 Å². The first-order valence-electron chi connectivity index (χ1n) is 13.1. The van der Waals surface area contributed by atoms with Crippen molar-refractivity contribution >= 4 is 34.4 Å². The molecule has 1 aliphatic rings. The maximum Gasteiger partial charge on any atom is 0.298 e. The maximum atomic E-state index is 13.1. The summed E-state index contributed by atoms with van der Waals surface area (Å²) in [6, 6.07) is 15.0. The Kier molecular flexibility index (Phi) is 7.28. The summed E-state index contributed by atoms with van der Waals surface area (Å²) in [6.45, 7) is 7.05. The van der Waals surface area contributed by atoms with E-state index in [1.54, 1.807) is 24.0 Å². The smallest absolute Gasteiger partial charge is 0.298 e. The fourth-order valence-electron chi connectivity index (χ4n) is 4.94. The van der Waals surface area contributed by atoms with Crippen LogP contribution in [0.1, 0.15) is 61.5 Å². The summed E-state index contributed by atoms with van der Waals surface area (Å²) in [4.78, 5) is 36.0. The first kappa shape index (κ1) is 25.9. The summed E-state index contributed by atoms with van der Waals surface area (Å²) in [5.41, 5.74) is 10.7. The van der Waals surface area contributed by atoms with Gasteiger partial charge in [-0.25, -0.2) is 14.6 Å². The van der Waals surface area contributed by atoms with E-state index in [-0.39, 0.29) is 17.9 Å². The van der Waals surface area contributed by atoms with E-state index in [9.17, 15) is 9.59 Å². The van der Waals surface area contributed by atoms with Gasteiger partial charge in [-0.1, -0.05) is 44.0 Å². The van der Waals surface area contributed by atoms with Crippen LogP contribution in [0, 0.1) is 11.8 Å². The molecule has 0 aliphatic carbocycles. The van der Waals surface area contributed by atoms with Crippen LogP contribution in [-0.2, 0) is 4.79 Å². The van der Waals surface area contributed by atoms with Crippen molar-refractivity contribution in [1.82, 2.24) is 24.6 Å². The normalized spacial score (nSPS) is 15.2. The predicted molar refractivity (Wildman–Crippen MR) is 152 cm³/mol. The molecule has 9 nitrogen and oxygen atoms in total. The van der Waals surface area contributed by atoms with Gasteiger partial charge in [-0.3, -0.25) is 9.59 Å². The van der Waals surface area contributed by atoms with Crippen LogP contribution in [0.4, 0.5) is 11.5 Å². The number of nitrogen functional groups attached to an aromatic ring is 1. The van der Waals surface area contributed by atoms with Gasteiger partial charge in [-0.2, -0.15) is 5.10 Å². The number of rotatable bonds is 5. The third kappa shape index (κ3) is 5.32. The van der Waals surface area contributed by atoms with Gasteiger partial charge in [0.05, 0.1) is 11.4 Å². The highest BCUT2D eigenvalue weighted by atomic mass is 16.2. The van der Waals surface area contributed by atoms with Crippen molar-refractivity contribution < 1.29 is 9.59 Å². The molecule has 3 N–H and O–H groups in total. The van der Waals surface area contributed by atoms with E-state index in [2.05, 4.69) is 41.0 Å². The van der Waals surface area contributed by atoms with Gasteiger partial charge >= 0.3 is 0 Å². The molecule has 9 heteroatoms. The number of likely N-dealkylation sites (tertiary alicyclic amines) is 1. The fourth-order valence-corrected chi connectivity index (χ4v) is 4.94. The van der Waals surface area contributed by atoms with Crippen molar-refractivity contribution in [3.8, 4) is 23.1 Å². The van der Waals surface area contributed by atoms with Crippen molar-refractivity contribution in [2.75, 3.05) is 24.1 Å². The molecule has 0 saturated carbocycles. The van der Waals surface area contributed by atoms with Gasteiger partial charge in [0.1, 0.15) is 17.8 Å². The minimum absolute atomic E-state index is 0.0906. The molecule has 0 bridgehead atoms. The van der Waals surface area contributed by atoms with Crippen molar-refractivity contribution in [1.29, 1.82) is 0 Å². The standard InChI is InChI=1S/C30H31N7O2/c1-4-7-25(38)36-15-6-10-24(17-36)37-29-26(28(31)32-18-33-29)27(35-37)21-8-5-9-22(16-21)30(39)34-23-13-11-20(12-14-23)19(2)3/h5,8-9,11-14,16,18-19,24H,6,10,15,17H2,1-3H3,(H,34,39)(H2,31,32,33). The molecule has 39 heavy (non-hydrogen) atoms. The number of piperidine rings is 1. The lowest BCUT2D eigenvalue weighted by Gasteiger charge is -2.31. The van der Waals surface area contributed by atoms with Gasteiger partial charge in [-0.05, 0) is 61.4 Å². The summed E-state index contributed by atoms with van der Waals surface area (Å²) >= 11 is 0. The highest BCUT2D eigenvalue weighted by Crippen LogP contribution is 2.34. The fraction of sp³-hybridized carbons (Fsp3) is 0.300. The van der Waals surface area contributed by atoms with Crippen LogP contribution >= 0.6 is 0 Å². The molecule has 198 valence electrons. The molecule has 0 spiro atoms. The Morgan fingerprint density at radius 2 is 1.92 bits per heavy atom. The molecule has 1 aliphatic heterocycles. The molecule has 5 rings (SSSR count). The highest BCUT2D eigenvalue weighted by molar-refractivity contribution is 6.06. The van der Waals surface area contributed by atoms with Crippen LogP contribution < -0.4 is 11.1 Å². The Morgan fingerprint density at radius 1 is 1.13 bits per heavy atom.